The van der Waals surface area contributed by atoms with E-state index in [-0.39, 0.29) is 4.47 Å². The van der Waals surface area contributed by atoms with Crippen molar-refractivity contribution in [3.05, 3.63) is 32.5 Å². The molecule has 8 heteroatoms. The lowest BCUT2D eigenvalue weighted by Gasteiger charge is -2.03. The van der Waals surface area contributed by atoms with Crippen molar-refractivity contribution in [2.45, 2.75) is 0 Å². The van der Waals surface area contributed by atoms with Gasteiger partial charge in [-0.15, -0.1) is 0 Å². The van der Waals surface area contributed by atoms with Crippen molar-refractivity contribution < 1.29 is 19.4 Å². The standard InChI is InChI=1S/C6H4BBrFNO4/c8-4-2-1-3(7(11)12)6(5(4)9)10(13)14/h1-2,11-12H. The van der Waals surface area contributed by atoms with E-state index in [0.717, 1.165) is 12.1 Å². The molecule has 0 amide bonds. The Bertz CT molecular complexity index is 386. The van der Waals surface area contributed by atoms with Gasteiger partial charge >= 0.3 is 12.8 Å². The first-order valence-corrected chi connectivity index (χ1v) is 4.23. The quantitative estimate of drug-likeness (QED) is 0.453. The van der Waals surface area contributed by atoms with Crippen molar-refractivity contribution in [2.75, 3.05) is 0 Å². The van der Waals surface area contributed by atoms with Crippen molar-refractivity contribution in [1.82, 2.24) is 0 Å². The SMILES string of the molecule is O=[N+]([O-])c1c(B(O)O)ccc(Br)c1F. The molecule has 0 saturated heterocycles. The average Bonchev–Trinajstić information content (AvgIpc) is 2.08. The van der Waals surface area contributed by atoms with Crippen LogP contribution in [0.15, 0.2) is 16.6 Å². The molecule has 0 aliphatic carbocycles. The summed E-state index contributed by atoms with van der Waals surface area (Å²) < 4.78 is 13.1. The van der Waals surface area contributed by atoms with Crippen LogP contribution in [-0.4, -0.2) is 22.1 Å². The largest absolute Gasteiger partial charge is 0.495 e. The van der Waals surface area contributed by atoms with E-state index in [9.17, 15) is 14.5 Å². The van der Waals surface area contributed by atoms with Crippen LogP contribution < -0.4 is 5.46 Å². The maximum atomic E-state index is 13.2. The zero-order valence-electron chi connectivity index (χ0n) is 6.65. The molecule has 0 aliphatic heterocycles. The third-order valence-corrected chi connectivity index (χ3v) is 2.17. The zero-order valence-corrected chi connectivity index (χ0v) is 8.23. The fraction of sp³-hybridized carbons (Fsp3) is 0. The smallest absolute Gasteiger partial charge is 0.423 e. The highest BCUT2D eigenvalue weighted by Gasteiger charge is 2.29. The molecule has 1 aromatic rings. The number of hydrogen-bond acceptors (Lipinski definition) is 4. The maximum absolute atomic E-state index is 13.2. The van der Waals surface area contributed by atoms with Gasteiger partial charge in [-0.2, -0.15) is 4.39 Å². The number of halogens is 2. The molecule has 0 radical (unpaired) electrons. The van der Waals surface area contributed by atoms with Crippen LogP contribution in [0.25, 0.3) is 0 Å². The zero-order chi connectivity index (χ0) is 10.9. The van der Waals surface area contributed by atoms with Gasteiger partial charge in [0.15, 0.2) is 0 Å². The van der Waals surface area contributed by atoms with Gasteiger partial charge in [0.2, 0.25) is 5.82 Å². The summed E-state index contributed by atoms with van der Waals surface area (Å²) in [6.07, 6.45) is 0. The fourth-order valence-corrected chi connectivity index (χ4v) is 1.27. The Labute approximate surface area is 86.6 Å². The number of hydrogen-bond donors (Lipinski definition) is 2. The van der Waals surface area contributed by atoms with Gasteiger partial charge in [0, 0.05) is 0 Å². The fourth-order valence-electron chi connectivity index (χ4n) is 0.949. The summed E-state index contributed by atoms with van der Waals surface area (Å²) in [5.41, 5.74) is -1.41. The molecule has 0 fully saturated rings. The van der Waals surface area contributed by atoms with Gasteiger partial charge in [-0.1, -0.05) is 6.07 Å². The highest BCUT2D eigenvalue weighted by Crippen LogP contribution is 2.22. The molecule has 0 unspecified atom stereocenters. The number of nitrogens with zero attached hydrogens (tertiary/aromatic N) is 1. The molecule has 0 spiro atoms. The molecule has 0 atom stereocenters. The summed E-state index contributed by atoms with van der Waals surface area (Å²) in [5, 5.41) is 27.9. The lowest BCUT2D eigenvalue weighted by Crippen LogP contribution is -2.32. The average molecular weight is 264 g/mol. The molecule has 0 aliphatic rings. The van der Waals surface area contributed by atoms with Crippen LogP contribution in [0.1, 0.15) is 0 Å². The molecule has 14 heavy (non-hydrogen) atoms. The van der Waals surface area contributed by atoms with E-state index in [1.807, 2.05) is 0 Å². The first-order valence-electron chi connectivity index (χ1n) is 3.43. The van der Waals surface area contributed by atoms with Crippen LogP contribution in [0, 0.1) is 15.9 Å². The van der Waals surface area contributed by atoms with E-state index >= 15 is 0 Å². The third-order valence-electron chi connectivity index (χ3n) is 1.56. The summed E-state index contributed by atoms with van der Waals surface area (Å²) >= 11 is 2.75. The number of rotatable bonds is 2. The van der Waals surface area contributed by atoms with E-state index in [1.54, 1.807) is 0 Å². The van der Waals surface area contributed by atoms with Crippen molar-refractivity contribution >= 4 is 34.2 Å². The molecule has 1 rings (SSSR count). The van der Waals surface area contributed by atoms with E-state index < -0.39 is 29.0 Å². The lowest BCUT2D eigenvalue weighted by molar-refractivity contribution is -0.386. The van der Waals surface area contributed by atoms with Crippen molar-refractivity contribution in [1.29, 1.82) is 0 Å². The molecule has 0 saturated carbocycles. The minimum Gasteiger partial charge on any atom is -0.423 e. The molecule has 5 nitrogen and oxygen atoms in total. The topological polar surface area (TPSA) is 83.6 Å². The van der Waals surface area contributed by atoms with Gasteiger partial charge in [0.25, 0.3) is 0 Å². The van der Waals surface area contributed by atoms with E-state index in [1.165, 1.54) is 0 Å². The van der Waals surface area contributed by atoms with Crippen molar-refractivity contribution in [3.8, 4) is 0 Å². The Balaban J connectivity index is 3.45. The Hall–Kier alpha value is -0.985. The molecule has 1 aromatic carbocycles. The Morgan fingerprint density at radius 2 is 2.07 bits per heavy atom. The van der Waals surface area contributed by atoms with Gasteiger partial charge in [0.1, 0.15) is 0 Å². The molecule has 0 bridgehead atoms. The second-order valence-electron chi connectivity index (χ2n) is 2.43. The summed E-state index contributed by atoms with van der Waals surface area (Å²) in [4.78, 5) is 9.42. The second kappa shape index (κ2) is 4.03. The second-order valence-corrected chi connectivity index (χ2v) is 3.28. The maximum Gasteiger partial charge on any atom is 0.495 e. The van der Waals surface area contributed by atoms with Gasteiger partial charge < -0.3 is 10.0 Å². The summed E-state index contributed by atoms with van der Waals surface area (Å²) in [7, 11) is -2.07. The summed E-state index contributed by atoms with van der Waals surface area (Å²) in [6, 6.07) is 2.23. The predicted molar refractivity (Wildman–Crippen MR) is 50.6 cm³/mol. The normalized spacial score (nSPS) is 10.0. The Morgan fingerprint density at radius 3 is 2.50 bits per heavy atom. The molecule has 0 aromatic heterocycles. The number of nitro groups is 1. The van der Waals surface area contributed by atoms with Crippen molar-refractivity contribution in [3.63, 3.8) is 0 Å². The molecular weight excluding hydrogens is 260 g/mol. The van der Waals surface area contributed by atoms with Gasteiger partial charge in [-0.3, -0.25) is 10.1 Å². The minimum atomic E-state index is -2.07. The van der Waals surface area contributed by atoms with E-state index in [0.29, 0.717) is 0 Å². The Morgan fingerprint density at radius 1 is 1.50 bits per heavy atom. The third kappa shape index (κ3) is 1.92. The van der Waals surface area contributed by atoms with Crippen LogP contribution in [0.3, 0.4) is 0 Å². The summed E-state index contributed by atoms with van der Waals surface area (Å²) in [5.74, 6) is -1.12. The van der Waals surface area contributed by atoms with Crippen LogP contribution in [0.2, 0.25) is 0 Å². The summed E-state index contributed by atoms with van der Waals surface area (Å²) in [6.45, 7) is 0. The molecule has 74 valence electrons. The van der Waals surface area contributed by atoms with E-state index in [2.05, 4.69) is 15.9 Å². The monoisotopic (exact) mass is 263 g/mol. The molecular formula is C6H4BBrFNO4. The highest BCUT2D eigenvalue weighted by atomic mass is 79.9. The first kappa shape index (κ1) is 11.1. The number of benzene rings is 1. The minimum absolute atomic E-state index is 0.103. The molecule has 0 heterocycles. The molecule has 2 N–H and O–H groups in total. The van der Waals surface area contributed by atoms with Crippen LogP contribution in [-0.2, 0) is 0 Å². The Kier molecular flexibility index (Phi) is 3.19. The van der Waals surface area contributed by atoms with Crippen LogP contribution in [0.4, 0.5) is 10.1 Å². The van der Waals surface area contributed by atoms with Crippen molar-refractivity contribution in [2.24, 2.45) is 0 Å². The van der Waals surface area contributed by atoms with E-state index in [4.69, 9.17) is 10.0 Å². The lowest BCUT2D eigenvalue weighted by atomic mass is 9.79. The van der Waals surface area contributed by atoms with Gasteiger partial charge in [0.05, 0.1) is 14.9 Å². The first-order chi connectivity index (χ1) is 6.45. The highest BCUT2D eigenvalue weighted by molar-refractivity contribution is 9.10. The van der Waals surface area contributed by atoms with Crippen LogP contribution in [0.5, 0.6) is 0 Å². The van der Waals surface area contributed by atoms with Gasteiger partial charge in [-0.25, -0.2) is 0 Å². The number of nitro benzene ring substituents is 1. The van der Waals surface area contributed by atoms with Gasteiger partial charge in [-0.05, 0) is 22.0 Å². The van der Waals surface area contributed by atoms with Crippen LogP contribution >= 0.6 is 15.9 Å². The predicted octanol–water partition coefficient (Wildman–Crippen LogP) is 0.176.